The van der Waals surface area contributed by atoms with Gasteiger partial charge in [-0.05, 0) is 68.5 Å². The van der Waals surface area contributed by atoms with Gasteiger partial charge < -0.3 is 15.0 Å². The molecule has 0 radical (unpaired) electrons. The van der Waals surface area contributed by atoms with Gasteiger partial charge in [0.1, 0.15) is 11.8 Å². The number of carbonyl (C=O) groups is 2. The quantitative estimate of drug-likeness (QED) is 0.439. The molecule has 0 spiro atoms. The average Bonchev–Trinajstić information content (AvgIpc) is 2.82. The third-order valence-corrected chi connectivity index (χ3v) is 7.28. The second-order valence-corrected chi connectivity index (χ2v) is 9.84. The lowest BCUT2D eigenvalue weighted by Gasteiger charge is -2.33. The van der Waals surface area contributed by atoms with E-state index >= 15 is 0 Å². The molecule has 1 aliphatic carbocycles. The number of aryl methyl sites for hydroxylation is 2. The van der Waals surface area contributed by atoms with Crippen LogP contribution in [-0.4, -0.2) is 35.4 Å². The van der Waals surface area contributed by atoms with Crippen LogP contribution in [0.5, 0.6) is 5.75 Å². The molecule has 0 aliphatic heterocycles. The Labute approximate surface area is 212 Å². The highest BCUT2D eigenvalue weighted by molar-refractivity contribution is 6.36. The molecular weight excluding hydrogens is 471 g/mol. The fraction of sp³-hybridized carbons (Fsp3) is 0.481. The minimum absolute atomic E-state index is 0.129. The van der Waals surface area contributed by atoms with Crippen LogP contribution >= 0.6 is 23.2 Å². The molecule has 0 bridgehead atoms. The van der Waals surface area contributed by atoms with Gasteiger partial charge in [-0.2, -0.15) is 0 Å². The van der Waals surface area contributed by atoms with Gasteiger partial charge in [0, 0.05) is 28.2 Å². The molecule has 184 valence electrons. The molecule has 0 saturated heterocycles. The second kappa shape index (κ2) is 12.5. The van der Waals surface area contributed by atoms with Crippen LogP contribution in [0.2, 0.25) is 10.0 Å². The summed E-state index contributed by atoms with van der Waals surface area (Å²) < 4.78 is 5.82. The standard InChI is InChI=1S/C27H34Cl2N2O3/c1-4-25(27(33)30-20-9-6-5-7-10-20)31(16-22-23(28)11-8-12-24(22)29)26(32)17-34-21-14-13-18(2)19(3)15-21/h8,11-15,20,25H,4-7,9-10,16-17H2,1-3H3,(H,30,33)/t25-/m0/s1. The van der Waals surface area contributed by atoms with Gasteiger partial charge >= 0.3 is 0 Å². The molecule has 1 fully saturated rings. The molecule has 34 heavy (non-hydrogen) atoms. The van der Waals surface area contributed by atoms with Gasteiger partial charge in [0.25, 0.3) is 5.91 Å². The van der Waals surface area contributed by atoms with Crippen molar-refractivity contribution in [2.75, 3.05) is 6.61 Å². The normalized spacial score (nSPS) is 15.0. The number of halogens is 2. The summed E-state index contributed by atoms with van der Waals surface area (Å²) in [7, 11) is 0. The fourth-order valence-corrected chi connectivity index (χ4v) is 4.87. The Kier molecular flexibility index (Phi) is 9.66. The maximum atomic E-state index is 13.4. The molecule has 0 unspecified atom stereocenters. The van der Waals surface area contributed by atoms with Gasteiger partial charge in [0.2, 0.25) is 5.91 Å². The Morgan fingerprint density at radius 2 is 1.74 bits per heavy atom. The first-order valence-corrected chi connectivity index (χ1v) is 12.8. The third-order valence-electron chi connectivity index (χ3n) is 6.57. The molecular formula is C27H34Cl2N2O3. The molecule has 2 aromatic carbocycles. The monoisotopic (exact) mass is 504 g/mol. The lowest BCUT2D eigenvalue weighted by Crippen LogP contribution is -2.52. The summed E-state index contributed by atoms with van der Waals surface area (Å²) in [5.74, 6) is 0.184. The highest BCUT2D eigenvalue weighted by Gasteiger charge is 2.31. The van der Waals surface area contributed by atoms with Crippen LogP contribution in [0.4, 0.5) is 0 Å². The lowest BCUT2D eigenvalue weighted by atomic mass is 9.95. The number of ether oxygens (including phenoxy) is 1. The Bertz CT molecular complexity index is 985. The zero-order valence-corrected chi connectivity index (χ0v) is 21.7. The van der Waals surface area contributed by atoms with Gasteiger partial charge in [-0.15, -0.1) is 0 Å². The van der Waals surface area contributed by atoms with Crippen molar-refractivity contribution >= 4 is 35.0 Å². The van der Waals surface area contributed by atoms with Crippen LogP contribution in [0.1, 0.15) is 62.1 Å². The molecule has 1 N–H and O–H groups in total. The molecule has 0 heterocycles. The molecule has 1 saturated carbocycles. The van der Waals surface area contributed by atoms with E-state index < -0.39 is 6.04 Å². The summed E-state index contributed by atoms with van der Waals surface area (Å²) in [5.41, 5.74) is 2.86. The Balaban J connectivity index is 1.81. The largest absolute Gasteiger partial charge is 0.484 e. The van der Waals surface area contributed by atoms with Crippen LogP contribution in [0.15, 0.2) is 36.4 Å². The van der Waals surface area contributed by atoms with Crippen molar-refractivity contribution in [1.29, 1.82) is 0 Å². The third kappa shape index (κ3) is 6.89. The van der Waals surface area contributed by atoms with E-state index in [1.165, 1.54) is 6.42 Å². The summed E-state index contributed by atoms with van der Waals surface area (Å²) in [4.78, 5) is 28.3. The minimum atomic E-state index is -0.648. The van der Waals surface area contributed by atoms with Gasteiger partial charge in [-0.3, -0.25) is 9.59 Å². The number of hydrogen-bond acceptors (Lipinski definition) is 3. The van der Waals surface area contributed by atoms with E-state index in [1.54, 1.807) is 23.1 Å². The highest BCUT2D eigenvalue weighted by Crippen LogP contribution is 2.27. The first kappa shape index (κ1) is 26.4. The maximum Gasteiger partial charge on any atom is 0.261 e. The number of hydrogen-bond donors (Lipinski definition) is 1. The van der Waals surface area contributed by atoms with Gasteiger partial charge in [-0.1, -0.05) is 61.5 Å². The number of benzene rings is 2. The number of carbonyl (C=O) groups excluding carboxylic acids is 2. The van der Waals surface area contributed by atoms with Crippen molar-refractivity contribution in [3.8, 4) is 5.75 Å². The fourth-order valence-electron chi connectivity index (χ4n) is 4.35. The van der Waals surface area contributed by atoms with Gasteiger partial charge in [0.15, 0.2) is 6.61 Å². The number of rotatable bonds is 9. The summed E-state index contributed by atoms with van der Waals surface area (Å²) in [5, 5.41) is 4.09. The topological polar surface area (TPSA) is 58.6 Å². The molecule has 2 aromatic rings. The van der Waals surface area contributed by atoms with Crippen molar-refractivity contribution in [2.24, 2.45) is 0 Å². The number of nitrogens with zero attached hydrogens (tertiary/aromatic N) is 1. The average molecular weight is 505 g/mol. The predicted octanol–water partition coefficient (Wildman–Crippen LogP) is 6.25. The van der Waals surface area contributed by atoms with Crippen molar-refractivity contribution in [1.82, 2.24) is 10.2 Å². The number of nitrogens with one attached hydrogen (secondary N) is 1. The van der Waals surface area contributed by atoms with E-state index in [0.29, 0.717) is 27.8 Å². The van der Waals surface area contributed by atoms with E-state index in [2.05, 4.69) is 5.32 Å². The highest BCUT2D eigenvalue weighted by atomic mass is 35.5. The molecule has 0 aromatic heterocycles. The van der Waals surface area contributed by atoms with E-state index in [1.807, 2.05) is 39.0 Å². The van der Waals surface area contributed by atoms with E-state index in [9.17, 15) is 9.59 Å². The first-order chi connectivity index (χ1) is 16.3. The molecule has 2 amide bonds. The molecule has 1 aliphatic rings. The number of amides is 2. The molecule has 1 atom stereocenters. The van der Waals surface area contributed by atoms with Crippen LogP contribution in [0.3, 0.4) is 0 Å². The summed E-state index contributed by atoms with van der Waals surface area (Å²) in [6.45, 7) is 5.88. The maximum absolute atomic E-state index is 13.4. The van der Waals surface area contributed by atoms with E-state index in [-0.39, 0.29) is 31.0 Å². The smallest absolute Gasteiger partial charge is 0.261 e. The van der Waals surface area contributed by atoms with Crippen molar-refractivity contribution < 1.29 is 14.3 Å². The van der Waals surface area contributed by atoms with E-state index in [4.69, 9.17) is 27.9 Å². The minimum Gasteiger partial charge on any atom is -0.484 e. The van der Waals surface area contributed by atoms with Gasteiger partial charge in [-0.25, -0.2) is 0 Å². The summed E-state index contributed by atoms with van der Waals surface area (Å²) in [6, 6.07) is 10.5. The molecule has 7 heteroatoms. The molecule has 5 nitrogen and oxygen atoms in total. The van der Waals surface area contributed by atoms with Gasteiger partial charge in [0.05, 0.1) is 0 Å². The van der Waals surface area contributed by atoms with Crippen molar-refractivity contribution in [2.45, 2.75) is 77.9 Å². The van der Waals surface area contributed by atoms with Crippen LogP contribution in [0, 0.1) is 13.8 Å². The summed E-state index contributed by atoms with van der Waals surface area (Å²) in [6.07, 6.45) is 5.85. The second-order valence-electron chi connectivity index (χ2n) is 9.02. The van der Waals surface area contributed by atoms with Crippen LogP contribution in [0.25, 0.3) is 0 Å². The Morgan fingerprint density at radius 3 is 2.35 bits per heavy atom. The Morgan fingerprint density at radius 1 is 1.06 bits per heavy atom. The lowest BCUT2D eigenvalue weighted by molar-refractivity contribution is -0.143. The first-order valence-electron chi connectivity index (χ1n) is 12.0. The van der Waals surface area contributed by atoms with Crippen molar-refractivity contribution in [3.05, 3.63) is 63.1 Å². The molecule has 3 rings (SSSR count). The summed E-state index contributed by atoms with van der Waals surface area (Å²) >= 11 is 12.8. The SMILES string of the molecule is CC[C@@H](C(=O)NC1CCCCC1)N(Cc1c(Cl)cccc1Cl)C(=O)COc1ccc(C)c(C)c1. The Hall–Kier alpha value is -2.24. The van der Waals surface area contributed by atoms with E-state index in [0.717, 1.165) is 36.8 Å². The van der Waals surface area contributed by atoms with Crippen LogP contribution < -0.4 is 10.1 Å². The zero-order valence-electron chi connectivity index (χ0n) is 20.2. The van der Waals surface area contributed by atoms with Crippen molar-refractivity contribution in [3.63, 3.8) is 0 Å². The predicted molar refractivity (Wildman–Crippen MR) is 138 cm³/mol. The van der Waals surface area contributed by atoms with Crippen LogP contribution in [-0.2, 0) is 16.1 Å². The zero-order chi connectivity index (χ0) is 24.7.